The Labute approximate surface area is 166 Å². The fraction of sp³-hybridized carbons (Fsp3) is 0. The number of amides is 2. The van der Waals surface area contributed by atoms with Crippen LogP contribution in [0, 0.1) is 0 Å². The first-order valence-electron chi connectivity index (χ1n) is 8.57. The summed E-state index contributed by atoms with van der Waals surface area (Å²) < 4.78 is 0. The topological polar surface area (TPSA) is 137 Å². The SMILES string of the molecule is N/C(=N\O)c1ccc(NC(=O)c2ccccc2-c2ccccc2C(=O)NO)cc1. The Morgan fingerprint density at radius 3 is 1.83 bits per heavy atom. The summed E-state index contributed by atoms with van der Waals surface area (Å²) in [5.74, 6) is -1.09. The molecule has 0 aliphatic heterocycles. The first kappa shape index (κ1) is 19.6. The van der Waals surface area contributed by atoms with E-state index in [1.165, 1.54) is 0 Å². The standard InChI is InChI=1S/C21H18N4O4/c22-19(24-28)13-9-11-14(12-10-13)23-20(26)17-7-3-1-5-15(17)16-6-2-4-8-18(16)21(27)25-29/h1-12,28-29H,(H2,22,24)(H,23,26)(H,25,27). The number of hydroxylamine groups is 1. The number of nitrogens with one attached hydrogen (secondary N) is 2. The number of nitrogens with two attached hydrogens (primary N) is 1. The molecule has 0 saturated heterocycles. The van der Waals surface area contributed by atoms with Crippen molar-refractivity contribution >= 4 is 23.3 Å². The molecule has 29 heavy (non-hydrogen) atoms. The van der Waals surface area contributed by atoms with Gasteiger partial charge in [-0.3, -0.25) is 14.8 Å². The van der Waals surface area contributed by atoms with E-state index < -0.39 is 5.91 Å². The molecule has 0 saturated carbocycles. The minimum absolute atomic E-state index is 0.0352. The van der Waals surface area contributed by atoms with Gasteiger partial charge < -0.3 is 16.3 Å². The van der Waals surface area contributed by atoms with Crippen LogP contribution in [0.15, 0.2) is 78.0 Å². The third-order valence-corrected chi connectivity index (χ3v) is 4.28. The average Bonchev–Trinajstić information content (AvgIpc) is 2.78. The van der Waals surface area contributed by atoms with Gasteiger partial charge in [-0.1, -0.05) is 41.6 Å². The van der Waals surface area contributed by atoms with Crippen LogP contribution in [0.3, 0.4) is 0 Å². The molecule has 0 heterocycles. The van der Waals surface area contributed by atoms with Crippen LogP contribution in [-0.4, -0.2) is 28.1 Å². The lowest BCUT2D eigenvalue weighted by Crippen LogP contribution is -2.20. The molecule has 0 unspecified atom stereocenters. The highest BCUT2D eigenvalue weighted by atomic mass is 16.5. The molecule has 0 radical (unpaired) electrons. The summed E-state index contributed by atoms with van der Waals surface area (Å²) >= 11 is 0. The van der Waals surface area contributed by atoms with Crippen molar-refractivity contribution in [3.8, 4) is 11.1 Å². The number of nitrogens with zero attached hydrogens (tertiary/aromatic N) is 1. The van der Waals surface area contributed by atoms with E-state index in [1.807, 2.05) is 0 Å². The number of carbonyl (C=O) groups is 2. The Hall–Kier alpha value is -4.17. The molecule has 0 spiro atoms. The number of carbonyl (C=O) groups excluding carboxylic acids is 2. The summed E-state index contributed by atoms with van der Waals surface area (Å²) in [7, 11) is 0. The second kappa shape index (κ2) is 8.68. The van der Waals surface area contributed by atoms with E-state index in [4.69, 9.17) is 16.1 Å². The predicted octanol–water partition coefficient (Wildman–Crippen LogP) is 2.82. The molecular formula is C21H18N4O4. The Balaban J connectivity index is 1.94. The van der Waals surface area contributed by atoms with Crippen molar-refractivity contribution in [2.45, 2.75) is 0 Å². The van der Waals surface area contributed by atoms with Gasteiger partial charge in [0, 0.05) is 22.4 Å². The maximum Gasteiger partial charge on any atom is 0.275 e. The summed E-state index contributed by atoms with van der Waals surface area (Å²) in [6.07, 6.45) is 0. The number of amidine groups is 1. The van der Waals surface area contributed by atoms with Crippen LogP contribution < -0.4 is 16.5 Å². The van der Waals surface area contributed by atoms with Crippen LogP contribution in [0.1, 0.15) is 26.3 Å². The van der Waals surface area contributed by atoms with Crippen molar-refractivity contribution in [2.75, 3.05) is 5.32 Å². The Kier molecular flexibility index (Phi) is 5.86. The van der Waals surface area contributed by atoms with E-state index in [-0.39, 0.29) is 17.3 Å². The predicted molar refractivity (Wildman–Crippen MR) is 108 cm³/mol. The summed E-state index contributed by atoms with van der Waals surface area (Å²) in [4.78, 5) is 24.9. The number of hydrogen-bond donors (Lipinski definition) is 5. The maximum atomic E-state index is 12.9. The fourth-order valence-corrected chi connectivity index (χ4v) is 2.87. The van der Waals surface area contributed by atoms with Crippen molar-refractivity contribution in [1.29, 1.82) is 0 Å². The smallest absolute Gasteiger partial charge is 0.275 e. The molecule has 0 atom stereocenters. The van der Waals surface area contributed by atoms with Crippen molar-refractivity contribution in [3.05, 3.63) is 89.5 Å². The lowest BCUT2D eigenvalue weighted by atomic mass is 9.94. The van der Waals surface area contributed by atoms with Gasteiger partial charge in [0.15, 0.2) is 5.84 Å². The van der Waals surface area contributed by atoms with Gasteiger partial charge in [-0.25, -0.2) is 5.48 Å². The highest BCUT2D eigenvalue weighted by Crippen LogP contribution is 2.28. The largest absolute Gasteiger partial charge is 0.409 e. The van der Waals surface area contributed by atoms with E-state index in [1.54, 1.807) is 78.3 Å². The molecule has 3 aromatic carbocycles. The molecule has 8 heteroatoms. The third-order valence-electron chi connectivity index (χ3n) is 4.28. The normalized spacial score (nSPS) is 11.0. The van der Waals surface area contributed by atoms with Gasteiger partial charge in [0.2, 0.25) is 0 Å². The third kappa shape index (κ3) is 4.23. The lowest BCUT2D eigenvalue weighted by molar-refractivity contribution is 0.0707. The van der Waals surface area contributed by atoms with Crippen LogP contribution in [0.4, 0.5) is 5.69 Å². The molecular weight excluding hydrogens is 372 g/mol. The van der Waals surface area contributed by atoms with Gasteiger partial charge in [-0.15, -0.1) is 0 Å². The number of anilines is 1. The van der Waals surface area contributed by atoms with Gasteiger partial charge in [-0.2, -0.15) is 0 Å². The molecule has 0 bridgehead atoms. The van der Waals surface area contributed by atoms with Crippen molar-refractivity contribution in [2.24, 2.45) is 10.9 Å². The number of oxime groups is 1. The zero-order chi connectivity index (χ0) is 20.8. The molecule has 146 valence electrons. The van der Waals surface area contributed by atoms with Gasteiger partial charge in [0.05, 0.1) is 0 Å². The van der Waals surface area contributed by atoms with Crippen LogP contribution >= 0.6 is 0 Å². The number of benzene rings is 3. The molecule has 3 aromatic rings. The average molecular weight is 390 g/mol. The number of hydrogen-bond acceptors (Lipinski definition) is 5. The van der Waals surface area contributed by atoms with Gasteiger partial charge >= 0.3 is 0 Å². The van der Waals surface area contributed by atoms with Crippen LogP contribution in [-0.2, 0) is 0 Å². The van der Waals surface area contributed by atoms with Gasteiger partial charge in [-0.05, 0) is 47.5 Å². The Morgan fingerprint density at radius 1 is 0.793 bits per heavy atom. The quantitative estimate of drug-likeness (QED) is 0.150. The van der Waals surface area contributed by atoms with Crippen LogP contribution in [0.2, 0.25) is 0 Å². The van der Waals surface area contributed by atoms with Crippen molar-refractivity contribution < 1.29 is 20.0 Å². The second-order valence-corrected chi connectivity index (χ2v) is 6.05. The molecule has 0 aliphatic rings. The first-order valence-corrected chi connectivity index (χ1v) is 8.57. The van der Waals surface area contributed by atoms with E-state index in [9.17, 15) is 9.59 Å². The van der Waals surface area contributed by atoms with Crippen molar-refractivity contribution in [1.82, 2.24) is 5.48 Å². The molecule has 2 amide bonds. The van der Waals surface area contributed by atoms with Gasteiger partial charge in [0.1, 0.15) is 0 Å². The van der Waals surface area contributed by atoms with Gasteiger partial charge in [0.25, 0.3) is 11.8 Å². The van der Waals surface area contributed by atoms with E-state index in [2.05, 4.69) is 10.5 Å². The monoisotopic (exact) mass is 390 g/mol. The summed E-state index contributed by atoms with van der Waals surface area (Å²) in [5, 5.41) is 23.4. The van der Waals surface area contributed by atoms with E-state index >= 15 is 0 Å². The maximum absolute atomic E-state index is 12.9. The Bertz CT molecular complexity index is 1080. The first-order chi connectivity index (χ1) is 14.0. The summed E-state index contributed by atoms with van der Waals surface area (Å²) in [6.45, 7) is 0. The molecule has 0 aromatic heterocycles. The minimum Gasteiger partial charge on any atom is -0.409 e. The van der Waals surface area contributed by atoms with E-state index in [0.29, 0.717) is 27.9 Å². The lowest BCUT2D eigenvalue weighted by Gasteiger charge is -2.13. The summed E-state index contributed by atoms with van der Waals surface area (Å²) in [5.41, 5.74) is 9.81. The van der Waals surface area contributed by atoms with Crippen molar-refractivity contribution in [3.63, 3.8) is 0 Å². The van der Waals surface area contributed by atoms with Crippen LogP contribution in [0.5, 0.6) is 0 Å². The molecule has 6 N–H and O–H groups in total. The van der Waals surface area contributed by atoms with E-state index in [0.717, 1.165) is 0 Å². The Morgan fingerprint density at radius 2 is 1.31 bits per heavy atom. The minimum atomic E-state index is -0.672. The molecule has 8 nitrogen and oxygen atoms in total. The molecule has 0 aliphatic carbocycles. The zero-order valence-corrected chi connectivity index (χ0v) is 15.2. The highest BCUT2D eigenvalue weighted by molar-refractivity contribution is 6.11. The molecule has 0 fully saturated rings. The highest BCUT2D eigenvalue weighted by Gasteiger charge is 2.18. The second-order valence-electron chi connectivity index (χ2n) is 6.05. The summed E-state index contributed by atoms with van der Waals surface area (Å²) in [6, 6.07) is 20.0. The number of rotatable bonds is 5. The zero-order valence-electron chi connectivity index (χ0n) is 15.2. The fourth-order valence-electron chi connectivity index (χ4n) is 2.87. The van der Waals surface area contributed by atoms with Crippen LogP contribution in [0.25, 0.3) is 11.1 Å². The molecule has 3 rings (SSSR count).